The van der Waals surface area contributed by atoms with Gasteiger partial charge in [0.15, 0.2) is 6.29 Å². The maximum atomic E-state index is 12.5. The van der Waals surface area contributed by atoms with E-state index in [-0.39, 0.29) is 25.4 Å². The second kappa shape index (κ2) is 15.1. The molecule has 0 amide bonds. The van der Waals surface area contributed by atoms with Crippen molar-refractivity contribution in [2.45, 2.75) is 63.3 Å². The van der Waals surface area contributed by atoms with Crippen LogP contribution in [0, 0.1) is 0 Å². The fraction of sp³-hybridized carbons (Fsp3) is 0.567. The van der Waals surface area contributed by atoms with E-state index in [0.29, 0.717) is 19.8 Å². The summed E-state index contributed by atoms with van der Waals surface area (Å²) in [5.41, 5.74) is 4.73. The molecule has 7 nitrogen and oxygen atoms in total. The number of carbonyl (C=O) groups excluding carboxylic acids is 1. The summed E-state index contributed by atoms with van der Waals surface area (Å²) in [4.78, 5) is 12.5. The van der Waals surface area contributed by atoms with Gasteiger partial charge >= 0.3 is 6.16 Å². The number of nitrogens with one attached hydrogen (secondary N) is 1. The highest BCUT2D eigenvalue weighted by Gasteiger charge is 2.29. The second-order valence-corrected chi connectivity index (χ2v) is 9.75. The van der Waals surface area contributed by atoms with E-state index < -0.39 is 12.3 Å². The Morgan fingerprint density at radius 1 is 0.946 bits per heavy atom. The molecule has 0 spiro atoms. The van der Waals surface area contributed by atoms with Gasteiger partial charge in [-0.1, -0.05) is 61.4 Å². The van der Waals surface area contributed by atoms with E-state index in [1.807, 2.05) is 31.3 Å². The van der Waals surface area contributed by atoms with Gasteiger partial charge in [-0.3, -0.25) is 0 Å². The Labute approximate surface area is 220 Å². The van der Waals surface area contributed by atoms with Crippen molar-refractivity contribution in [1.82, 2.24) is 5.32 Å². The average Bonchev–Trinajstić information content (AvgIpc) is 3.26. The van der Waals surface area contributed by atoms with Crippen LogP contribution in [0.2, 0.25) is 0 Å². The minimum Gasteiger partial charge on any atom is -0.433 e. The number of benzene rings is 2. The Morgan fingerprint density at radius 2 is 1.68 bits per heavy atom. The maximum Gasteiger partial charge on any atom is 0.508 e. The Hall–Kier alpha value is -2.45. The van der Waals surface area contributed by atoms with Crippen molar-refractivity contribution in [3.05, 3.63) is 59.7 Å². The smallest absolute Gasteiger partial charge is 0.433 e. The highest BCUT2D eigenvalue weighted by Crippen LogP contribution is 2.44. The summed E-state index contributed by atoms with van der Waals surface area (Å²) in [5.74, 6) is -0.000855. The third-order valence-corrected chi connectivity index (χ3v) is 6.97. The zero-order chi connectivity index (χ0) is 25.7. The molecule has 7 heteroatoms. The van der Waals surface area contributed by atoms with Gasteiger partial charge < -0.3 is 29.0 Å². The van der Waals surface area contributed by atoms with E-state index in [0.717, 1.165) is 38.6 Å². The molecule has 0 bridgehead atoms. The highest BCUT2D eigenvalue weighted by atomic mass is 16.7. The topological polar surface area (TPSA) is 75.3 Å². The molecule has 0 saturated carbocycles. The molecule has 37 heavy (non-hydrogen) atoms. The fourth-order valence-corrected chi connectivity index (χ4v) is 5.03. The van der Waals surface area contributed by atoms with Gasteiger partial charge in [-0.25, -0.2) is 4.79 Å². The van der Waals surface area contributed by atoms with Crippen LogP contribution in [0.4, 0.5) is 4.79 Å². The lowest BCUT2D eigenvalue weighted by molar-refractivity contribution is -0.205. The Morgan fingerprint density at radius 3 is 2.38 bits per heavy atom. The summed E-state index contributed by atoms with van der Waals surface area (Å²) >= 11 is 0. The molecule has 2 aliphatic rings. The van der Waals surface area contributed by atoms with Gasteiger partial charge in [0.2, 0.25) is 0 Å². The summed E-state index contributed by atoms with van der Waals surface area (Å²) in [6, 6.07) is 16.5. The van der Waals surface area contributed by atoms with Crippen molar-refractivity contribution >= 4 is 6.16 Å². The molecule has 1 aliphatic carbocycles. The third-order valence-electron chi connectivity index (χ3n) is 6.97. The number of ether oxygens (including phenoxy) is 5. The monoisotopic (exact) mass is 511 g/mol. The molecule has 2 aromatic carbocycles. The number of unbranched alkanes of at least 4 members (excludes halogenated alkanes) is 3. The summed E-state index contributed by atoms with van der Waals surface area (Å²) in [6.45, 7) is 3.05. The Kier molecular flexibility index (Phi) is 11.2. The van der Waals surface area contributed by atoms with Crippen molar-refractivity contribution < 1.29 is 28.5 Å². The molecule has 0 aromatic heterocycles. The highest BCUT2D eigenvalue weighted by molar-refractivity contribution is 5.78. The lowest BCUT2D eigenvalue weighted by Gasteiger charge is -2.27. The molecule has 2 atom stereocenters. The van der Waals surface area contributed by atoms with Crippen molar-refractivity contribution in [3.63, 3.8) is 0 Å². The molecule has 1 saturated heterocycles. The van der Waals surface area contributed by atoms with E-state index in [1.54, 1.807) is 0 Å². The molecule has 2 unspecified atom stereocenters. The first-order valence-electron chi connectivity index (χ1n) is 13.7. The lowest BCUT2D eigenvalue weighted by atomic mass is 9.98. The van der Waals surface area contributed by atoms with Gasteiger partial charge in [0.25, 0.3) is 0 Å². The molecule has 1 aliphatic heterocycles. The average molecular weight is 512 g/mol. The molecule has 4 rings (SSSR count). The van der Waals surface area contributed by atoms with Crippen LogP contribution in [0.3, 0.4) is 0 Å². The van der Waals surface area contributed by atoms with E-state index in [4.69, 9.17) is 23.7 Å². The van der Waals surface area contributed by atoms with Crippen LogP contribution in [0.25, 0.3) is 11.1 Å². The summed E-state index contributed by atoms with van der Waals surface area (Å²) in [5, 5.41) is 3.17. The fourth-order valence-electron chi connectivity index (χ4n) is 5.03. The summed E-state index contributed by atoms with van der Waals surface area (Å²) in [7, 11) is 1.98. The van der Waals surface area contributed by atoms with E-state index >= 15 is 0 Å². The minimum absolute atomic E-state index is 0.000855. The van der Waals surface area contributed by atoms with Gasteiger partial charge in [-0.15, -0.1) is 0 Å². The number of fused-ring (bicyclic) bond motifs is 3. The number of hydrogen-bond acceptors (Lipinski definition) is 7. The Bertz CT molecular complexity index is 915. The molecule has 1 fully saturated rings. The number of carbonyl (C=O) groups is 1. The third kappa shape index (κ3) is 8.27. The molecule has 0 radical (unpaired) electrons. The number of rotatable bonds is 15. The maximum absolute atomic E-state index is 12.5. The van der Waals surface area contributed by atoms with Crippen LogP contribution < -0.4 is 5.32 Å². The van der Waals surface area contributed by atoms with Gasteiger partial charge in [0.05, 0.1) is 6.61 Å². The molecular formula is C30H41NO6. The van der Waals surface area contributed by atoms with Gasteiger partial charge in [0.1, 0.15) is 19.3 Å². The van der Waals surface area contributed by atoms with Crippen molar-refractivity contribution in [3.8, 4) is 11.1 Å². The van der Waals surface area contributed by atoms with Crippen LogP contribution in [0.1, 0.15) is 62.0 Å². The minimum atomic E-state index is -0.690. The number of hydrogen-bond donors (Lipinski definition) is 1. The predicted octanol–water partition coefficient (Wildman–Crippen LogP) is 5.66. The molecule has 202 valence electrons. The molecule has 1 N–H and O–H groups in total. The lowest BCUT2D eigenvalue weighted by Crippen LogP contribution is -2.34. The Balaban J connectivity index is 1.23. The first-order chi connectivity index (χ1) is 18.3. The zero-order valence-electron chi connectivity index (χ0n) is 22.0. The van der Waals surface area contributed by atoms with Crippen molar-refractivity contribution in [1.29, 1.82) is 0 Å². The van der Waals surface area contributed by atoms with Gasteiger partial charge in [0, 0.05) is 19.1 Å². The van der Waals surface area contributed by atoms with Crippen LogP contribution in [0.15, 0.2) is 48.5 Å². The van der Waals surface area contributed by atoms with Crippen LogP contribution >= 0.6 is 0 Å². The van der Waals surface area contributed by atoms with E-state index in [2.05, 4.69) is 29.6 Å². The van der Waals surface area contributed by atoms with E-state index in [1.165, 1.54) is 35.1 Å². The molecule has 1 heterocycles. The van der Waals surface area contributed by atoms with Crippen LogP contribution in [0.5, 0.6) is 0 Å². The second-order valence-electron chi connectivity index (χ2n) is 9.75. The normalized spacial score (nSPS) is 17.7. The molecular weight excluding hydrogens is 470 g/mol. The van der Waals surface area contributed by atoms with Crippen LogP contribution in [-0.2, 0) is 23.7 Å². The zero-order valence-corrected chi connectivity index (χ0v) is 22.0. The largest absolute Gasteiger partial charge is 0.508 e. The first-order valence-corrected chi connectivity index (χ1v) is 13.7. The van der Waals surface area contributed by atoms with E-state index in [9.17, 15) is 4.79 Å². The van der Waals surface area contributed by atoms with Crippen LogP contribution in [-0.4, -0.2) is 65.2 Å². The summed E-state index contributed by atoms with van der Waals surface area (Å²) < 4.78 is 28.7. The molecule has 2 aromatic rings. The first kappa shape index (κ1) is 27.6. The standard InChI is InChI=1S/C30H41NO6/c1-31-17-9-2-3-10-18-33-20-23(37-29-16-8-11-19-34-29)21-35-30(32)36-22-28-26-14-6-4-12-24(26)25-13-5-7-15-27(25)28/h4-7,12-15,23,28-29,31H,2-3,8-11,16-22H2,1H3. The van der Waals surface area contributed by atoms with Crippen molar-refractivity contribution in [2.75, 3.05) is 46.6 Å². The summed E-state index contributed by atoms with van der Waals surface area (Å²) in [6.07, 6.45) is 6.09. The predicted molar refractivity (Wildman–Crippen MR) is 143 cm³/mol. The van der Waals surface area contributed by atoms with Gasteiger partial charge in [-0.2, -0.15) is 0 Å². The van der Waals surface area contributed by atoms with Crippen molar-refractivity contribution in [2.24, 2.45) is 0 Å². The van der Waals surface area contributed by atoms with Gasteiger partial charge in [-0.05, 0) is 68.0 Å². The SMILES string of the molecule is CNCCCCCCOCC(COC(=O)OCC1c2ccccc2-c2ccccc21)OC1CCCCO1. The quantitative estimate of drug-likeness (QED) is 0.244.